The molecule has 0 unspecified atom stereocenters. The lowest BCUT2D eigenvalue weighted by atomic mass is 10.2. The van der Waals surface area contributed by atoms with Crippen molar-refractivity contribution in [1.29, 1.82) is 5.41 Å². The van der Waals surface area contributed by atoms with Crippen molar-refractivity contribution >= 4 is 27.8 Å². The molecule has 0 spiro atoms. The molecular formula is C13H11N3O2. The van der Waals surface area contributed by atoms with E-state index in [2.05, 4.69) is 9.97 Å². The van der Waals surface area contributed by atoms with Gasteiger partial charge in [-0.2, -0.15) is 0 Å². The first-order valence-electron chi connectivity index (χ1n) is 5.64. The molecule has 0 amide bonds. The van der Waals surface area contributed by atoms with Crippen LogP contribution in [0.25, 0.3) is 21.9 Å². The van der Waals surface area contributed by atoms with E-state index in [0.717, 1.165) is 16.4 Å². The van der Waals surface area contributed by atoms with Gasteiger partial charge in [-0.3, -0.25) is 10.4 Å². The quantitative estimate of drug-likeness (QED) is 0.553. The van der Waals surface area contributed by atoms with Gasteiger partial charge in [0.25, 0.3) is 0 Å². The summed E-state index contributed by atoms with van der Waals surface area (Å²) in [5.41, 5.74) is 1.73. The molecule has 3 heterocycles. The molecule has 5 nitrogen and oxygen atoms in total. The summed E-state index contributed by atoms with van der Waals surface area (Å²) < 4.78 is 10.9. The van der Waals surface area contributed by atoms with Crippen LogP contribution in [0.4, 0.5) is 0 Å². The summed E-state index contributed by atoms with van der Waals surface area (Å²) in [5.74, 6) is 0.0233. The average Bonchev–Trinajstić information content (AvgIpc) is 2.77. The van der Waals surface area contributed by atoms with Crippen molar-refractivity contribution in [3.8, 4) is 0 Å². The fourth-order valence-electron chi connectivity index (χ4n) is 1.92. The van der Waals surface area contributed by atoms with Gasteiger partial charge in [0.2, 0.25) is 5.90 Å². The molecule has 3 rings (SSSR count). The van der Waals surface area contributed by atoms with E-state index < -0.39 is 0 Å². The van der Waals surface area contributed by atoms with Gasteiger partial charge in [0.05, 0.1) is 6.61 Å². The Morgan fingerprint density at radius 3 is 3.06 bits per heavy atom. The number of nitrogens with one attached hydrogen (secondary N) is 1. The highest BCUT2D eigenvalue weighted by molar-refractivity contribution is 6.11. The molecule has 1 N–H and O–H groups in total. The van der Waals surface area contributed by atoms with Gasteiger partial charge in [-0.05, 0) is 19.1 Å². The van der Waals surface area contributed by atoms with E-state index in [1.807, 2.05) is 13.0 Å². The van der Waals surface area contributed by atoms with E-state index in [-0.39, 0.29) is 5.90 Å². The highest BCUT2D eigenvalue weighted by Gasteiger charge is 2.15. The van der Waals surface area contributed by atoms with Gasteiger partial charge in [-0.25, -0.2) is 4.98 Å². The molecule has 0 aliphatic carbocycles. The van der Waals surface area contributed by atoms with E-state index in [1.54, 1.807) is 24.7 Å². The lowest BCUT2D eigenvalue weighted by Crippen LogP contribution is -2.07. The lowest BCUT2D eigenvalue weighted by Gasteiger charge is -2.03. The van der Waals surface area contributed by atoms with Crippen LogP contribution in [0.2, 0.25) is 0 Å². The Labute approximate surface area is 103 Å². The van der Waals surface area contributed by atoms with Gasteiger partial charge in [-0.15, -0.1) is 0 Å². The third-order valence-corrected chi connectivity index (χ3v) is 2.69. The number of furan rings is 1. The summed E-state index contributed by atoms with van der Waals surface area (Å²) in [5, 5.41) is 9.64. The van der Waals surface area contributed by atoms with Crippen molar-refractivity contribution < 1.29 is 9.15 Å². The van der Waals surface area contributed by atoms with Crippen molar-refractivity contribution in [3.05, 3.63) is 36.4 Å². The number of hydrogen-bond donors (Lipinski definition) is 1. The number of ether oxygens (including phenoxy) is 1. The van der Waals surface area contributed by atoms with Crippen LogP contribution in [-0.4, -0.2) is 22.5 Å². The fourth-order valence-corrected chi connectivity index (χ4v) is 1.92. The van der Waals surface area contributed by atoms with Gasteiger partial charge in [0, 0.05) is 29.4 Å². The van der Waals surface area contributed by atoms with E-state index >= 15 is 0 Å². The van der Waals surface area contributed by atoms with Gasteiger partial charge >= 0.3 is 0 Å². The third kappa shape index (κ3) is 1.52. The number of fused-ring (bicyclic) bond motifs is 3. The zero-order valence-electron chi connectivity index (χ0n) is 9.80. The van der Waals surface area contributed by atoms with Crippen LogP contribution in [0, 0.1) is 5.41 Å². The zero-order chi connectivity index (χ0) is 12.5. The molecule has 0 fully saturated rings. The third-order valence-electron chi connectivity index (χ3n) is 2.69. The van der Waals surface area contributed by atoms with Gasteiger partial charge in [0.15, 0.2) is 11.3 Å². The molecule has 0 aromatic carbocycles. The Morgan fingerprint density at radius 2 is 2.22 bits per heavy atom. The summed E-state index contributed by atoms with van der Waals surface area (Å²) in [6.07, 6.45) is 5.06. The van der Waals surface area contributed by atoms with Crippen LogP contribution in [0.15, 0.2) is 35.1 Å². The zero-order valence-corrected chi connectivity index (χ0v) is 9.80. The Bertz CT molecular complexity index is 733. The summed E-state index contributed by atoms with van der Waals surface area (Å²) in [6, 6.07) is 3.65. The second-order valence-corrected chi connectivity index (χ2v) is 3.77. The fraction of sp³-hybridized carbons (Fsp3) is 0.154. The number of hydrogen-bond acceptors (Lipinski definition) is 5. The molecule has 90 valence electrons. The number of nitrogens with zero attached hydrogens (tertiary/aromatic N) is 2. The topological polar surface area (TPSA) is 72.0 Å². The molecule has 0 saturated heterocycles. The van der Waals surface area contributed by atoms with E-state index in [0.29, 0.717) is 17.9 Å². The average molecular weight is 241 g/mol. The van der Waals surface area contributed by atoms with Crippen LogP contribution in [-0.2, 0) is 4.74 Å². The normalized spacial score (nSPS) is 10.9. The summed E-state index contributed by atoms with van der Waals surface area (Å²) in [4.78, 5) is 8.24. The number of rotatable bonds is 2. The van der Waals surface area contributed by atoms with E-state index in [4.69, 9.17) is 14.6 Å². The largest absolute Gasteiger partial charge is 0.477 e. The molecule has 3 aromatic heterocycles. The molecule has 3 aromatic rings. The molecule has 0 aliphatic heterocycles. The van der Waals surface area contributed by atoms with E-state index in [9.17, 15) is 0 Å². The monoisotopic (exact) mass is 241 g/mol. The van der Waals surface area contributed by atoms with Crippen LogP contribution >= 0.6 is 0 Å². The maximum atomic E-state index is 7.82. The van der Waals surface area contributed by atoms with E-state index in [1.165, 1.54) is 0 Å². The summed E-state index contributed by atoms with van der Waals surface area (Å²) in [6.45, 7) is 2.26. The smallest absolute Gasteiger partial charge is 0.236 e. The van der Waals surface area contributed by atoms with Crippen molar-refractivity contribution in [2.75, 3.05) is 6.61 Å². The standard InChI is InChI=1S/C13H11N3O2/c1-2-17-13(14)11-12-8(3-6-16-11)9-7-15-5-4-10(9)18-12/h3-7,14H,2H2,1H3. The molecular weight excluding hydrogens is 230 g/mol. The van der Waals surface area contributed by atoms with Gasteiger partial charge in [0.1, 0.15) is 5.58 Å². The predicted molar refractivity (Wildman–Crippen MR) is 67.8 cm³/mol. The molecule has 0 bridgehead atoms. The Morgan fingerprint density at radius 1 is 1.33 bits per heavy atom. The molecule has 5 heteroatoms. The first-order valence-corrected chi connectivity index (χ1v) is 5.64. The van der Waals surface area contributed by atoms with Crippen molar-refractivity contribution in [3.63, 3.8) is 0 Å². The van der Waals surface area contributed by atoms with Crippen LogP contribution in [0.3, 0.4) is 0 Å². The number of pyridine rings is 2. The van der Waals surface area contributed by atoms with Crippen molar-refractivity contribution in [2.45, 2.75) is 6.92 Å². The Balaban J connectivity index is 2.31. The minimum absolute atomic E-state index is 0.0233. The van der Waals surface area contributed by atoms with Crippen molar-refractivity contribution in [2.24, 2.45) is 0 Å². The highest BCUT2D eigenvalue weighted by Crippen LogP contribution is 2.29. The second-order valence-electron chi connectivity index (χ2n) is 3.77. The lowest BCUT2D eigenvalue weighted by molar-refractivity contribution is 0.324. The van der Waals surface area contributed by atoms with Gasteiger partial charge < -0.3 is 9.15 Å². The first-order chi connectivity index (χ1) is 8.81. The maximum Gasteiger partial charge on any atom is 0.236 e. The van der Waals surface area contributed by atoms with Crippen LogP contribution in [0.5, 0.6) is 0 Å². The summed E-state index contributed by atoms with van der Waals surface area (Å²) >= 11 is 0. The SMILES string of the molecule is CCOC(=N)c1nccc2c1oc1ccncc12. The molecule has 0 atom stereocenters. The minimum Gasteiger partial charge on any atom is -0.477 e. The second kappa shape index (κ2) is 4.10. The Hall–Kier alpha value is -2.43. The van der Waals surface area contributed by atoms with Crippen molar-refractivity contribution in [1.82, 2.24) is 9.97 Å². The molecule has 18 heavy (non-hydrogen) atoms. The van der Waals surface area contributed by atoms with Gasteiger partial charge in [-0.1, -0.05) is 0 Å². The maximum absolute atomic E-state index is 7.82. The first kappa shape index (κ1) is 10.7. The molecule has 0 saturated carbocycles. The van der Waals surface area contributed by atoms with Crippen LogP contribution in [0.1, 0.15) is 12.6 Å². The highest BCUT2D eigenvalue weighted by atomic mass is 16.5. The molecule has 0 aliphatic rings. The number of aromatic nitrogens is 2. The molecule has 0 radical (unpaired) electrons. The minimum atomic E-state index is 0.0233. The predicted octanol–water partition coefficient (Wildman–Crippen LogP) is 2.74. The summed E-state index contributed by atoms with van der Waals surface area (Å²) in [7, 11) is 0. The van der Waals surface area contributed by atoms with Crippen LogP contribution < -0.4 is 0 Å². The Kier molecular flexibility index (Phi) is 2.44.